The monoisotopic (exact) mass is 465 g/mol. The zero-order valence-electron chi connectivity index (χ0n) is 20.9. The van der Waals surface area contributed by atoms with Gasteiger partial charge in [0.25, 0.3) is 0 Å². The van der Waals surface area contributed by atoms with Crippen LogP contribution in [0.15, 0.2) is 89.3 Å². The summed E-state index contributed by atoms with van der Waals surface area (Å²) in [5.41, 5.74) is 3.37. The number of hydrogen-bond acceptors (Lipinski definition) is 4. The third-order valence-corrected chi connectivity index (χ3v) is 7.00. The summed E-state index contributed by atoms with van der Waals surface area (Å²) in [5.74, 6) is 1.27. The summed E-state index contributed by atoms with van der Waals surface area (Å²) in [7, 11) is 0. The number of hydrogen-bond donors (Lipinski definition) is 0. The van der Waals surface area contributed by atoms with Crippen LogP contribution < -0.4 is 0 Å². The molecule has 2 heterocycles. The van der Waals surface area contributed by atoms with Crippen LogP contribution in [0.4, 0.5) is 0 Å². The van der Waals surface area contributed by atoms with E-state index in [0.29, 0.717) is 5.92 Å². The molecule has 1 aliphatic rings. The van der Waals surface area contributed by atoms with Crippen molar-refractivity contribution >= 4 is 11.1 Å². The fourth-order valence-electron chi connectivity index (χ4n) is 5.12. The molecule has 1 fully saturated rings. The topological polar surface area (TPSA) is 53.1 Å². The van der Waals surface area contributed by atoms with Crippen LogP contribution in [0.25, 0.3) is 11.1 Å². The molecule has 0 N–H and O–H groups in total. The highest BCUT2D eigenvalue weighted by Gasteiger charge is 2.34. The molecule has 4 aromatic rings. The fourth-order valence-corrected chi connectivity index (χ4v) is 5.12. The van der Waals surface area contributed by atoms with Crippen molar-refractivity contribution in [2.75, 3.05) is 19.6 Å². The molecule has 0 aliphatic carbocycles. The Morgan fingerprint density at radius 3 is 2.03 bits per heavy atom. The standard InChI is InChI=1S/C29H29N3O.C2H6/c30-22-29(24-10-3-1-4-11-24,25-12-5-2-6-13-25)18-9-19-32-20-16-23(17-21-32)28-31-26-14-7-8-15-27(26)33-28;1-2/h1-8,10-15,23H,9,16-21H2;1-2H3. The van der Waals surface area contributed by atoms with E-state index < -0.39 is 5.41 Å². The minimum absolute atomic E-state index is 0.389. The maximum absolute atomic E-state index is 10.4. The second-order valence-electron chi connectivity index (χ2n) is 8.99. The van der Waals surface area contributed by atoms with Gasteiger partial charge in [0.15, 0.2) is 11.5 Å². The zero-order chi connectivity index (χ0) is 24.5. The molecule has 0 atom stereocenters. The Balaban J connectivity index is 0.00000141. The van der Waals surface area contributed by atoms with Crippen molar-refractivity contribution in [3.05, 3.63) is 102 Å². The molecule has 180 valence electrons. The molecular weight excluding hydrogens is 430 g/mol. The van der Waals surface area contributed by atoms with E-state index in [-0.39, 0.29) is 0 Å². The Labute approximate surface area is 209 Å². The summed E-state index contributed by atoms with van der Waals surface area (Å²) in [6.45, 7) is 7.09. The lowest BCUT2D eigenvalue weighted by molar-refractivity contribution is 0.196. The van der Waals surface area contributed by atoms with Crippen LogP contribution in [0.5, 0.6) is 0 Å². The smallest absolute Gasteiger partial charge is 0.198 e. The van der Waals surface area contributed by atoms with Gasteiger partial charge in [-0.05, 0) is 68.6 Å². The number of oxazole rings is 1. The Bertz CT molecular complexity index is 1150. The lowest BCUT2D eigenvalue weighted by Gasteiger charge is -2.32. The minimum Gasteiger partial charge on any atom is -0.440 e. The third kappa shape index (κ3) is 5.47. The Kier molecular flexibility index (Phi) is 8.34. The number of piperidine rings is 1. The van der Waals surface area contributed by atoms with E-state index >= 15 is 0 Å². The molecule has 0 saturated carbocycles. The molecule has 0 radical (unpaired) electrons. The number of nitriles is 1. The molecule has 0 spiro atoms. The summed E-state index contributed by atoms with van der Waals surface area (Å²) in [6, 6.07) is 31.2. The van der Waals surface area contributed by atoms with Crippen molar-refractivity contribution in [1.82, 2.24) is 9.88 Å². The van der Waals surface area contributed by atoms with Crippen molar-refractivity contribution in [2.45, 2.75) is 50.9 Å². The number of likely N-dealkylation sites (tertiary alicyclic amines) is 1. The average molecular weight is 466 g/mol. The second kappa shape index (κ2) is 11.8. The molecule has 4 nitrogen and oxygen atoms in total. The number of nitrogens with zero attached hydrogens (tertiary/aromatic N) is 3. The highest BCUT2D eigenvalue weighted by molar-refractivity contribution is 5.72. The Hall–Kier alpha value is -3.42. The number of para-hydroxylation sites is 2. The molecule has 4 heteroatoms. The molecule has 1 saturated heterocycles. The van der Waals surface area contributed by atoms with Gasteiger partial charge in [0.1, 0.15) is 10.9 Å². The maximum Gasteiger partial charge on any atom is 0.198 e. The summed E-state index contributed by atoms with van der Waals surface area (Å²) in [5, 5.41) is 10.4. The van der Waals surface area contributed by atoms with Gasteiger partial charge in [0, 0.05) is 5.92 Å². The van der Waals surface area contributed by atoms with Gasteiger partial charge in [-0.15, -0.1) is 0 Å². The van der Waals surface area contributed by atoms with Crippen LogP contribution >= 0.6 is 0 Å². The highest BCUT2D eigenvalue weighted by atomic mass is 16.3. The van der Waals surface area contributed by atoms with Crippen LogP contribution in [0, 0.1) is 11.3 Å². The Morgan fingerprint density at radius 2 is 1.46 bits per heavy atom. The number of aromatic nitrogens is 1. The summed E-state index contributed by atoms with van der Waals surface area (Å²) < 4.78 is 6.02. The number of rotatable bonds is 7. The molecule has 1 aromatic heterocycles. The minimum atomic E-state index is -0.612. The molecule has 1 aliphatic heterocycles. The van der Waals surface area contributed by atoms with Gasteiger partial charge in [-0.2, -0.15) is 5.26 Å². The highest BCUT2D eigenvalue weighted by Crippen LogP contribution is 2.37. The van der Waals surface area contributed by atoms with Gasteiger partial charge in [0.05, 0.1) is 6.07 Å². The van der Waals surface area contributed by atoms with E-state index in [9.17, 15) is 5.26 Å². The first-order valence-electron chi connectivity index (χ1n) is 12.9. The summed E-state index contributed by atoms with van der Waals surface area (Å²) >= 11 is 0. The second-order valence-corrected chi connectivity index (χ2v) is 8.99. The van der Waals surface area contributed by atoms with Crippen molar-refractivity contribution in [1.29, 1.82) is 5.26 Å². The predicted octanol–water partition coefficient (Wildman–Crippen LogP) is 7.32. The van der Waals surface area contributed by atoms with Crippen LogP contribution in [-0.2, 0) is 5.41 Å². The van der Waals surface area contributed by atoms with Crippen LogP contribution in [0.1, 0.15) is 62.5 Å². The number of fused-ring (bicyclic) bond motifs is 1. The third-order valence-electron chi connectivity index (χ3n) is 7.00. The molecule has 0 unspecified atom stereocenters. The van der Waals surface area contributed by atoms with Gasteiger partial charge in [0.2, 0.25) is 0 Å². The van der Waals surface area contributed by atoms with E-state index in [1.54, 1.807) is 0 Å². The van der Waals surface area contributed by atoms with E-state index in [2.05, 4.69) is 35.2 Å². The largest absolute Gasteiger partial charge is 0.440 e. The quantitative estimate of drug-likeness (QED) is 0.287. The molecule has 3 aromatic carbocycles. The van der Waals surface area contributed by atoms with E-state index in [1.807, 2.05) is 74.5 Å². The Morgan fingerprint density at radius 1 is 0.886 bits per heavy atom. The van der Waals surface area contributed by atoms with E-state index in [4.69, 9.17) is 9.40 Å². The lowest BCUT2D eigenvalue weighted by atomic mass is 9.72. The summed E-state index contributed by atoms with van der Waals surface area (Å²) in [4.78, 5) is 7.24. The first-order valence-corrected chi connectivity index (χ1v) is 12.9. The lowest BCUT2D eigenvalue weighted by Crippen LogP contribution is -2.35. The van der Waals surface area contributed by atoms with Gasteiger partial charge in [-0.1, -0.05) is 86.6 Å². The first kappa shape index (κ1) is 24.7. The van der Waals surface area contributed by atoms with Crippen molar-refractivity contribution < 1.29 is 4.42 Å². The average Bonchev–Trinajstić information content (AvgIpc) is 3.38. The molecule has 5 rings (SSSR count). The first-order chi connectivity index (χ1) is 17.3. The van der Waals surface area contributed by atoms with Crippen molar-refractivity contribution in [2.24, 2.45) is 0 Å². The molecule has 35 heavy (non-hydrogen) atoms. The van der Waals surface area contributed by atoms with Crippen LogP contribution in [0.3, 0.4) is 0 Å². The van der Waals surface area contributed by atoms with E-state index in [1.165, 1.54) is 0 Å². The zero-order valence-corrected chi connectivity index (χ0v) is 20.9. The number of benzene rings is 3. The van der Waals surface area contributed by atoms with Crippen molar-refractivity contribution in [3.8, 4) is 6.07 Å². The maximum atomic E-state index is 10.4. The molecule has 0 bridgehead atoms. The van der Waals surface area contributed by atoms with Gasteiger partial charge in [-0.25, -0.2) is 4.98 Å². The van der Waals surface area contributed by atoms with E-state index in [0.717, 1.165) is 73.4 Å². The van der Waals surface area contributed by atoms with Gasteiger partial charge < -0.3 is 9.32 Å². The molecule has 0 amide bonds. The van der Waals surface area contributed by atoms with Crippen LogP contribution in [-0.4, -0.2) is 29.5 Å². The fraction of sp³-hybridized carbons (Fsp3) is 0.355. The SMILES string of the molecule is CC.N#CC(CCCN1CCC(c2nc3ccccc3o2)CC1)(c1ccccc1)c1ccccc1. The summed E-state index contributed by atoms with van der Waals surface area (Å²) in [6.07, 6.45) is 3.91. The molecular formula is C31H35N3O. The van der Waals surface area contributed by atoms with Gasteiger partial charge in [-0.3, -0.25) is 0 Å². The van der Waals surface area contributed by atoms with Crippen molar-refractivity contribution in [3.63, 3.8) is 0 Å². The van der Waals surface area contributed by atoms with Crippen LogP contribution in [0.2, 0.25) is 0 Å². The normalized spacial score (nSPS) is 14.8. The van der Waals surface area contributed by atoms with Gasteiger partial charge >= 0.3 is 0 Å². The predicted molar refractivity (Wildman–Crippen MR) is 142 cm³/mol.